The average Bonchev–Trinajstić information content (AvgIpc) is 2.72. The molecular weight excluding hydrogens is 428 g/mol. The lowest BCUT2D eigenvalue weighted by Crippen LogP contribution is -2.13. The van der Waals surface area contributed by atoms with Crippen molar-refractivity contribution in [3.05, 3.63) is 45.9 Å². The number of anilines is 1. The first-order valence-corrected chi connectivity index (χ1v) is 8.83. The van der Waals surface area contributed by atoms with E-state index < -0.39 is 5.91 Å². The van der Waals surface area contributed by atoms with Gasteiger partial charge in [0.05, 0.1) is 28.4 Å². The van der Waals surface area contributed by atoms with E-state index in [0.29, 0.717) is 38.7 Å². The van der Waals surface area contributed by atoms with Crippen LogP contribution in [-0.2, 0) is 4.79 Å². The van der Waals surface area contributed by atoms with Crippen LogP contribution < -0.4 is 24.3 Å². The number of rotatable bonds is 7. The third kappa shape index (κ3) is 4.75. The molecule has 0 aliphatic rings. The summed E-state index contributed by atoms with van der Waals surface area (Å²) in [5, 5.41) is 12.1. The van der Waals surface area contributed by atoms with Gasteiger partial charge in [-0.2, -0.15) is 5.26 Å². The minimum atomic E-state index is -0.559. The summed E-state index contributed by atoms with van der Waals surface area (Å²) in [6.45, 7) is 0. The van der Waals surface area contributed by atoms with Gasteiger partial charge in [-0.3, -0.25) is 4.79 Å². The van der Waals surface area contributed by atoms with Crippen LogP contribution in [0.1, 0.15) is 5.56 Å². The zero-order valence-corrected chi connectivity index (χ0v) is 17.4. The van der Waals surface area contributed by atoms with E-state index in [4.69, 9.17) is 18.9 Å². The number of nitrogens with one attached hydrogen (secondary N) is 1. The molecule has 146 valence electrons. The molecule has 0 saturated carbocycles. The Morgan fingerprint density at radius 1 is 0.964 bits per heavy atom. The van der Waals surface area contributed by atoms with Gasteiger partial charge in [-0.05, 0) is 35.9 Å². The molecule has 2 rings (SSSR count). The van der Waals surface area contributed by atoms with Gasteiger partial charge < -0.3 is 24.3 Å². The van der Waals surface area contributed by atoms with E-state index in [2.05, 4.69) is 21.2 Å². The molecule has 8 heteroatoms. The standard InChI is InChI=1S/C20H19BrN2O5/c1-25-16-6-5-14(9-18(16)27-3)23-20(24)13(11-22)7-12-8-17(26-2)19(28-4)10-15(12)21/h5-10H,1-4H3,(H,23,24)/b13-7+. The van der Waals surface area contributed by atoms with E-state index in [9.17, 15) is 10.1 Å². The first-order chi connectivity index (χ1) is 13.5. The number of amides is 1. The summed E-state index contributed by atoms with van der Waals surface area (Å²) in [7, 11) is 6.05. The number of ether oxygens (including phenoxy) is 4. The van der Waals surface area contributed by atoms with Crippen LogP contribution in [0.4, 0.5) is 5.69 Å². The van der Waals surface area contributed by atoms with Crippen molar-refractivity contribution in [2.45, 2.75) is 0 Å². The van der Waals surface area contributed by atoms with Gasteiger partial charge in [0.25, 0.3) is 5.91 Å². The second-order valence-corrected chi connectivity index (χ2v) is 6.28. The molecule has 0 fully saturated rings. The Hall–Kier alpha value is -3.18. The minimum Gasteiger partial charge on any atom is -0.493 e. The van der Waals surface area contributed by atoms with E-state index in [0.717, 1.165) is 0 Å². The quantitative estimate of drug-likeness (QED) is 0.509. The third-order valence-corrected chi connectivity index (χ3v) is 4.50. The summed E-state index contributed by atoms with van der Waals surface area (Å²) in [6, 6.07) is 10.2. The number of benzene rings is 2. The zero-order valence-electron chi connectivity index (χ0n) is 15.8. The molecule has 0 radical (unpaired) electrons. The van der Waals surface area contributed by atoms with E-state index in [-0.39, 0.29) is 5.57 Å². The average molecular weight is 447 g/mol. The van der Waals surface area contributed by atoms with E-state index >= 15 is 0 Å². The summed E-state index contributed by atoms with van der Waals surface area (Å²) >= 11 is 3.41. The predicted octanol–water partition coefficient (Wildman–Crippen LogP) is 4.03. The number of nitrogens with zero attached hydrogens (tertiary/aromatic N) is 1. The molecule has 0 unspecified atom stereocenters. The van der Waals surface area contributed by atoms with Gasteiger partial charge in [-0.1, -0.05) is 15.9 Å². The van der Waals surface area contributed by atoms with Gasteiger partial charge in [-0.25, -0.2) is 0 Å². The summed E-state index contributed by atoms with van der Waals surface area (Å²) < 4.78 is 21.5. The lowest BCUT2D eigenvalue weighted by atomic mass is 10.1. The van der Waals surface area contributed by atoms with E-state index in [1.165, 1.54) is 34.5 Å². The monoisotopic (exact) mass is 446 g/mol. The molecule has 0 saturated heterocycles. The normalized spacial score (nSPS) is 10.6. The highest BCUT2D eigenvalue weighted by Crippen LogP contribution is 2.34. The maximum Gasteiger partial charge on any atom is 0.266 e. The van der Waals surface area contributed by atoms with Crippen LogP contribution in [0.2, 0.25) is 0 Å². The molecule has 0 spiro atoms. The van der Waals surface area contributed by atoms with Gasteiger partial charge in [0.1, 0.15) is 11.6 Å². The molecule has 0 atom stereocenters. The third-order valence-electron chi connectivity index (χ3n) is 3.81. The minimum absolute atomic E-state index is 0.0808. The van der Waals surface area contributed by atoms with Crippen molar-refractivity contribution in [2.75, 3.05) is 33.8 Å². The topological polar surface area (TPSA) is 89.8 Å². The van der Waals surface area contributed by atoms with Crippen molar-refractivity contribution in [1.29, 1.82) is 5.26 Å². The van der Waals surface area contributed by atoms with Crippen LogP contribution >= 0.6 is 15.9 Å². The molecule has 2 aromatic rings. The lowest BCUT2D eigenvalue weighted by molar-refractivity contribution is -0.112. The molecule has 0 aliphatic heterocycles. The molecule has 0 bridgehead atoms. The van der Waals surface area contributed by atoms with Crippen molar-refractivity contribution in [3.63, 3.8) is 0 Å². The molecule has 1 amide bonds. The van der Waals surface area contributed by atoms with Gasteiger partial charge in [-0.15, -0.1) is 0 Å². The molecule has 0 aromatic heterocycles. The Kier molecular flexibility index (Phi) is 7.29. The highest BCUT2D eigenvalue weighted by Gasteiger charge is 2.14. The number of nitriles is 1. The number of hydrogen-bond donors (Lipinski definition) is 1. The van der Waals surface area contributed by atoms with Crippen LogP contribution in [0.5, 0.6) is 23.0 Å². The van der Waals surface area contributed by atoms with Gasteiger partial charge in [0.15, 0.2) is 23.0 Å². The Bertz CT molecular complexity index is 950. The maximum absolute atomic E-state index is 12.5. The summed E-state index contributed by atoms with van der Waals surface area (Å²) in [6.07, 6.45) is 1.46. The molecule has 2 aromatic carbocycles. The highest BCUT2D eigenvalue weighted by atomic mass is 79.9. The number of hydrogen-bond acceptors (Lipinski definition) is 6. The fourth-order valence-corrected chi connectivity index (χ4v) is 2.83. The van der Waals surface area contributed by atoms with Gasteiger partial charge in [0, 0.05) is 16.2 Å². The Balaban J connectivity index is 2.33. The summed E-state index contributed by atoms with van der Waals surface area (Å²) in [4.78, 5) is 12.5. The van der Waals surface area contributed by atoms with Crippen LogP contribution in [0.25, 0.3) is 6.08 Å². The maximum atomic E-state index is 12.5. The van der Waals surface area contributed by atoms with Gasteiger partial charge in [0.2, 0.25) is 0 Å². The van der Waals surface area contributed by atoms with Crippen molar-refractivity contribution in [1.82, 2.24) is 0 Å². The summed E-state index contributed by atoms with van der Waals surface area (Å²) in [5.41, 5.74) is 0.981. The predicted molar refractivity (Wildman–Crippen MR) is 109 cm³/mol. The number of carbonyl (C=O) groups excluding carboxylic acids is 1. The highest BCUT2D eigenvalue weighted by molar-refractivity contribution is 9.10. The van der Waals surface area contributed by atoms with Crippen LogP contribution in [-0.4, -0.2) is 34.3 Å². The first kappa shape index (κ1) is 21.1. The molecular formula is C20H19BrN2O5. The van der Waals surface area contributed by atoms with Crippen LogP contribution in [0.3, 0.4) is 0 Å². The second kappa shape index (κ2) is 9.67. The van der Waals surface area contributed by atoms with Crippen LogP contribution in [0, 0.1) is 11.3 Å². The van der Waals surface area contributed by atoms with Crippen molar-refractivity contribution < 1.29 is 23.7 Å². The van der Waals surface area contributed by atoms with E-state index in [1.54, 1.807) is 30.3 Å². The SMILES string of the molecule is COc1ccc(NC(=O)/C(C#N)=C/c2cc(OC)c(OC)cc2Br)cc1OC. The zero-order chi connectivity index (χ0) is 20.7. The Morgan fingerprint density at radius 2 is 1.54 bits per heavy atom. The van der Waals surface area contributed by atoms with Crippen molar-refractivity contribution in [3.8, 4) is 29.1 Å². The second-order valence-electron chi connectivity index (χ2n) is 5.42. The molecule has 28 heavy (non-hydrogen) atoms. The largest absolute Gasteiger partial charge is 0.493 e. The van der Waals surface area contributed by atoms with Gasteiger partial charge >= 0.3 is 0 Å². The van der Waals surface area contributed by atoms with Crippen molar-refractivity contribution in [2.24, 2.45) is 0 Å². The Labute approximate surface area is 171 Å². The summed E-state index contributed by atoms with van der Waals surface area (Å²) in [5.74, 6) is 1.45. The smallest absolute Gasteiger partial charge is 0.266 e. The number of halogens is 1. The number of methoxy groups -OCH3 is 4. The fraction of sp³-hybridized carbons (Fsp3) is 0.200. The van der Waals surface area contributed by atoms with Crippen LogP contribution in [0.15, 0.2) is 40.4 Å². The first-order valence-electron chi connectivity index (χ1n) is 8.04. The lowest BCUT2D eigenvalue weighted by Gasteiger charge is -2.11. The molecule has 0 heterocycles. The van der Waals surface area contributed by atoms with E-state index in [1.807, 2.05) is 6.07 Å². The molecule has 7 nitrogen and oxygen atoms in total. The van der Waals surface area contributed by atoms with Crippen molar-refractivity contribution >= 4 is 33.6 Å². The molecule has 1 N–H and O–H groups in total. The molecule has 0 aliphatic carbocycles. The Morgan fingerprint density at radius 3 is 2.11 bits per heavy atom. The fourth-order valence-electron chi connectivity index (χ4n) is 2.40. The number of carbonyl (C=O) groups is 1.